The van der Waals surface area contributed by atoms with Gasteiger partial charge in [0.15, 0.2) is 11.5 Å². The van der Waals surface area contributed by atoms with Gasteiger partial charge in [-0.15, -0.1) is 4.83 Å². The van der Waals surface area contributed by atoms with Gasteiger partial charge in [0.1, 0.15) is 0 Å². The van der Waals surface area contributed by atoms with Crippen molar-refractivity contribution in [3.63, 3.8) is 0 Å². The van der Waals surface area contributed by atoms with Gasteiger partial charge in [-0.3, -0.25) is 0 Å². The third-order valence-electron chi connectivity index (χ3n) is 2.39. The standard InChI is InChI=1S/C13H20N2O6S/c1-4-19-11-8-7-10(9-12(11)20-5-2)22(17,18)15-14-13(16)21-6-3/h7-9,15H,4-6H2,1-3H3,(H,14,16). The Morgan fingerprint density at radius 2 is 1.68 bits per heavy atom. The molecule has 0 spiro atoms. The van der Waals surface area contributed by atoms with E-state index in [1.807, 2.05) is 17.2 Å². The first-order valence-electron chi connectivity index (χ1n) is 6.78. The number of benzene rings is 1. The molecule has 0 aliphatic carbocycles. The molecule has 0 heterocycles. The molecule has 0 saturated carbocycles. The predicted octanol–water partition coefficient (Wildman–Crippen LogP) is 1.42. The number of amides is 1. The Bertz CT molecular complexity index is 603. The molecular weight excluding hydrogens is 312 g/mol. The summed E-state index contributed by atoms with van der Waals surface area (Å²) in [6, 6.07) is 4.17. The van der Waals surface area contributed by atoms with Crippen molar-refractivity contribution in [2.45, 2.75) is 25.7 Å². The summed E-state index contributed by atoms with van der Waals surface area (Å²) in [5, 5.41) is 0. The molecule has 22 heavy (non-hydrogen) atoms. The molecule has 124 valence electrons. The minimum absolute atomic E-state index is 0.0730. The molecule has 0 saturated heterocycles. The van der Waals surface area contributed by atoms with Crippen LogP contribution < -0.4 is 19.7 Å². The summed E-state index contributed by atoms with van der Waals surface area (Å²) in [5.41, 5.74) is 1.94. The summed E-state index contributed by atoms with van der Waals surface area (Å²) in [7, 11) is -3.94. The van der Waals surface area contributed by atoms with Crippen molar-refractivity contribution in [2.75, 3.05) is 19.8 Å². The van der Waals surface area contributed by atoms with Gasteiger partial charge in [0.05, 0.1) is 24.7 Å². The fourth-order valence-corrected chi connectivity index (χ4v) is 2.38. The highest BCUT2D eigenvalue weighted by Gasteiger charge is 2.18. The van der Waals surface area contributed by atoms with Crippen LogP contribution in [0.2, 0.25) is 0 Å². The number of ether oxygens (including phenoxy) is 3. The van der Waals surface area contributed by atoms with Gasteiger partial charge in [0.25, 0.3) is 10.0 Å². The van der Waals surface area contributed by atoms with Crippen molar-refractivity contribution >= 4 is 16.1 Å². The van der Waals surface area contributed by atoms with E-state index in [-0.39, 0.29) is 11.5 Å². The van der Waals surface area contributed by atoms with E-state index in [0.29, 0.717) is 24.7 Å². The lowest BCUT2D eigenvalue weighted by atomic mass is 10.3. The topological polar surface area (TPSA) is 103 Å². The first-order valence-corrected chi connectivity index (χ1v) is 8.27. The van der Waals surface area contributed by atoms with Crippen molar-refractivity contribution in [1.82, 2.24) is 10.3 Å². The van der Waals surface area contributed by atoms with Crippen LogP contribution in [0.3, 0.4) is 0 Å². The van der Waals surface area contributed by atoms with Gasteiger partial charge >= 0.3 is 6.09 Å². The molecule has 1 aromatic carbocycles. The zero-order chi connectivity index (χ0) is 16.6. The van der Waals surface area contributed by atoms with Crippen molar-refractivity contribution in [1.29, 1.82) is 0 Å². The van der Waals surface area contributed by atoms with E-state index in [1.165, 1.54) is 18.2 Å². The molecule has 2 N–H and O–H groups in total. The van der Waals surface area contributed by atoms with Crippen LogP contribution in [-0.2, 0) is 14.8 Å². The lowest BCUT2D eigenvalue weighted by Crippen LogP contribution is -2.41. The first kappa shape index (κ1) is 18.1. The number of rotatable bonds is 8. The lowest BCUT2D eigenvalue weighted by Gasteiger charge is -2.13. The lowest BCUT2D eigenvalue weighted by molar-refractivity contribution is 0.150. The fraction of sp³-hybridized carbons (Fsp3) is 0.462. The number of nitrogens with one attached hydrogen (secondary N) is 2. The first-order chi connectivity index (χ1) is 10.4. The molecule has 1 amide bonds. The molecule has 8 nitrogen and oxygen atoms in total. The van der Waals surface area contributed by atoms with E-state index in [0.717, 1.165) is 0 Å². The van der Waals surface area contributed by atoms with Crippen LogP contribution in [-0.4, -0.2) is 34.3 Å². The van der Waals surface area contributed by atoms with Gasteiger partial charge < -0.3 is 14.2 Å². The van der Waals surface area contributed by atoms with Crippen molar-refractivity contribution < 1.29 is 27.4 Å². The zero-order valence-corrected chi connectivity index (χ0v) is 13.5. The van der Waals surface area contributed by atoms with Crippen LogP contribution in [0.5, 0.6) is 11.5 Å². The van der Waals surface area contributed by atoms with Crippen LogP contribution in [0.4, 0.5) is 4.79 Å². The number of hydrogen-bond acceptors (Lipinski definition) is 6. The van der Waals surface area contributed by atoms with Crippen LogP contribution in [0.15, 0.2) is 23.1 Å². The molecule has 1 rings (SSSR count). The van der Waals surface area contributed by atoms with Gasteiger partial charge in [0.2, 0.25) is 0 Å². The van der Waals surface area contributed by atoms with Gasteiger partial charge in [-0.1, -0.05) is 0 Å². The summed E-state index contributed by atoms with van der Waals surface area (Å²) in [6.45, 7) is 6.11. The van der Waals surface area contributed by atoms with E-state index >= 15 is 0 Å². The van der Waals surface area contributed by atoms with E-state index in [9.17, 15) is 13.2 Å². The third kappa shape index (κ3) is 5.08. The Hall–Kier alpha value is -2.00. The Balaban J connectivity index is 2.94. The normalized spacial score (nSPS) is 10.9. The largest absolute Gasteiger partial charge is 0.490 e. The summed E-state index contributed by atoms with van der Waals surface area (Å²) < 4.78 is 39.5. The molecule has 1 aromatic rings. The quantitative estimate of drug-likeness (QED) is 0.698. The van der Waals surface area contributed by atoms with Crippen LogP contribution in [0.1, 0.15) is 20.8 Å². The average molecular weight is 332 g/mol. The van der Waals surface area contributed by atoms with Crippen molar-refractivity contribution in [3.8, 4) is 11.5 Å². The maximum atomic E-state index is 12.1. The van der Waals surface area contributed by atoms with Crippen molar-refractivity contribution in [3.05, 3.63) is 18.2 Å². The van der Waals surface area contributed by atoms with E-state index in [1.54, 1.807) is 13.8 Å². The molecule has 0 fully saturated rings. The maximum absolute atomic E-state index is 12.1. The number of hydrogen-bond donors (Lipinski definition) is 2. The molecule has 0 aliphatic rings. The Morgan fingerprint density at radius 3 is 2.27 bits per heavy atom. The molecule has 0 radical (unpaired) electrons. The smallest absolute Gasteiger partial charge is 0.422 e. The number of carbonyl (C=O) groups excluding carboxylic acids is 1. The van der Waals surface area contributed by atoms with Gasteiger partial charge in [0, 0.05) is 6.07 Å². The van der Waals surface area contributed by atoms with Crippen molar-refractivity contribution in [2.24, 2.45) is 0 Å². The molecular formula is C13H20N2O6S. The maximum Gasteiger partial charge on any atom is 0.422 e. The van der Waals surface area contributed by atoms with Crippen LogP contribution in [0, 0.1) is 0 Å². The van der Waals surface area contributed by atoms with E-state index in [4.69, 9.17) is 9.47 Å². The number of hydrazine groups is 1. The van der Waals surface area contributed by atoms with Gasteiger partial charge in [-0.05, 0) is 32.9 Å². The van der Waals surface area contributed by atoms with Crippen LogP contribution >= 0.6 is 0 Å². The summed E-state index contributed by atoms with van der Waals surface area (Å²) in [4.78, 5) is 13.0. The highest BCUT2D eigenvalue weighted by molar-refractivity contribution is 7.89. The predicted molar refractivity (Wildman–Crippen MR) is 79.3 cm³/mol. The second kappa shape index (κ2) is 8.44. The monoisotopic (exact) mass is 332 g/mol. The molecule has 0 atom stereocenters. The Morgan fingerprint density at radius 1 is 1.05 bits per heavy atom. The second-order valence-corrected chi connectivity index (χ2v) is 5.61. The summed E-state index contributed by atoms with van der Waals surface area (Å²) in [6.07, 6.45) is -0.887. The number of sulfonamides is 1. The number of carbonyl (C=O) groups is 1. The highest BCUT2D eigenvalue weighted by atomic mass is 32.2. The molecule has 0 aliphatic heterocycles. The third-order valence-corrected chi connectivity index (χ3v) is 3.63. The molecule has 9 heteroatoms. The molecule has 0 unspecified atom stereocenters. The second-order valence-electron chi connectivity index (χ2n) is 3.93. The summed E-state index contributed by atoms with van der Waals surface area (Å²) >= 11 is 0. The average Bonchev–Trinajstić information content (AvgIpc) is 2.48. The Kier molecular flexibility index (Phi) is 6.93. The van der Waals surface area contributed by atoms with Gasteiger partial charge in [-0.2, -0.15) is 0 Å². The van der Waals surface area contributed by atoms with Gasteiger partial charge in [-0.25, -0.2) is 18.6 Å². The molecule has 0 aromatic heterocycles. The summed E-state index contributed by atoms with van der Waals surface area (Å²) in [5.74, 6) is 0.755. The minimum atomic E-state index is -3.94. The Labute approximate surface area is 129 Å². The van der Waals surface area contributed by atoms with E-state index in [2.05, 4.69) is 4.74 Å². The van der Waals surface area contributed by atoms with E-state index < -0.39 is 16.1 Å². The minimum Gasteiger partial charge on any atom is -0.490 e. The SMILES string of the molecule is CCOC(=O)NNS(=O)(=O)c1ccc(OCC)c(OCC)c1. The van der Waals surface area contributed by atoms with Crippen LogP contribution in [0.25, 0.3) is 0 Å². The molecule has 0 bridgehead atoms. The highest BCUT2D eigenvalue weighted by Crippen LogP contribution is 2.30. The fourth-order valence-electron chi connectivity index (χ4n) is 1.53. The zero-order valence-electron chi connectivity index (χ0n) is 12.7.